The third-order valence-electron chi connectivity index (χ3n) is 4.92. The third-order valence-corrected chi connectivity index (χ3v) is 4.92. The zero-order chi connectivity index (χ0) is 14.5. The topological polar surface area (TPSA) is 32.7 Å². The average Bonchev–Trinajstić information content (AvgIpc) is 3.27. The van der Waals surface area contributed by atoms with Crippen molar-refractivity contribution in [1.29, 1.82) is 0 Å². The summed E-state index contributed by atoms with van der Waals surface area (Å²) in [5.74, 6) is 0.946. The van der Waals surface area contributed by atoms with Crippen LogP contribution in [0.2, 0.25) is 0 Å². The quantitative estimate of drug-likeness (QED) is 0.742. The fourth-order valence-electron chi connectivity index (χ4n) is 3.49. The smallest absolute Gasteiger partial charge is 0.0900 e. The molecule has 0 bridgehead atoms. The molecule has 2 aliphatic carbocycles. The molecule has 1 unspecified atom stereocenters. The molecule has 0 radical (unpaired) electrons. The molecule has 118 valence electrons. The van der Waals surface area contributed by atoms with Gasteiger partial charge in [0.1, 0.15) is 0 Å². The van der Waals surface area contributed by atoms with Crippen LogP contribution in [0.5, 0.6) is 0 Å². The molecule has 0 aliphatic heterocycles. The maximum absolute atomic E-state index is 10.2. The number of rotatable bonds is 8. The van der Waals surface area contributed by atoms with Gasteiger partial charge in [0.15, 0.2) is 0 Å². The summed E-state index contributed by atoms with van der Waals surface area (Å²) in [6, 6.07) is 1.45. The Morgan fingerprint density at radius 2 is 1.60 bits per heavy atom. The third kappa shape index (κ3) is 5.01. The highest BCUT2D eigenvalue weighted by atomic mass is 16.5. The maximum atomic E-state index is 10.2. The SMILES string of the molecule is CCC1CCC(N(CC(O)COC(C)C)C2CC2)CC1. The van der Waals surface area contributed by atoms with Crippen molar-refractivity contribution in [3.8, 4) is 0 Å². The zero-order valence-corrected chi connectivity index (χ0v) is 13.6. The fraction of sp³-hybridized carbons (Fsp3) is 1.00. The zero-order valence-electron chi connectivity index (χ0n) is 13.6. The number of nitrogens with zero attached hydrogens (tertiary/aromatic N) is 1. The maximum Gasteiger partial charge on any atom is 0.0900 e. The molecule has 0 heterocycles. The van der Waals surface area contributed by atoms with Gasteiger partial charge >= 0.3 is 0 Å². The first-order valence-electron chi connectivity index (χ1n) is 8.65. The predicted molar refractivity (Wildman–Crippen MR) is 82.9 cm³/mol. The molecule has 1 atom stereocenters. The van der Waals surface area contributed by atoms with E-state index in [0.29, 0.717) is 12.6 Å². The summed E-state index contributed by atoms with van der Waals surface area (Å²) >= 11 is 0. The Bertz CT molecular complexity index is 270. The lowest BCUT2D eigenvalue weighted by Crippen LogP contribution is -2.45. The van der Waals surface area contributed by atoms with E-state index in [1.165, 1.54) is 44.9 Å². The molecule has 2 fully saturated rings. The molecule has 0 aromatic carbocycles. The van der Waals surface area contributed by atoms with Crippen molar-refractivity contribution in [3.05, 3.63) is 0 Å². The molecule has 3 nitrogen and oxygen atoms in total. The molecule has 0 saturated heterocycles. The van der Waals surface area contributed by atoms with E-state index in [4.69, 9.17) is 4.74 Å². The van der Waals surface area contributed by atoms with Crippen molar-refractivity contribution in [2.45, 2.75) is 90.0 Å². The largest absolute Gasteiger partial charge is 0.389 e. The normalized spacial score (nSPS) is 29.1. The molecule has 1 N–H and O–H groups in total. The second-order valence-corrected chi connectivity index (χ2v) is 7.05. The minimum atomic E-state index is -0.332. The first-order valence-corrected chi connectivity index (χ1v) is 8.65. The van der Waals surface area contributed by atoms with Crippen molar-refractivity contribution < 1.29 is 9.84 Å². The van der Waals surface area contributed by atoms with Crippen molar-refractivity contribution in [2.24, 2.45) is 5.92 Å². The minimum Gasteiger partial charge on any atom is -0.389 e. The van der Waals surface area contributed by atoms with Gasteiger partial charge in [0, 0.05) is 18.6 Å². The van der Waals surface area contributed by atoms with E-state index in [9.17, 15) is 5.11 Å². The molecule has 2 saturated carbocycles. The average molecular weight is 283 g/mol. The summed E-state index contributed by atoms with van der Waals surface area (Å²) < 4.78 is 5.55. The highest BCUT2D eigenvalue weighted by Crippen LogP contribution is 2.36. The van der Waals surface area contributed by atoms with Crippen LogP contribution in [-0.2, 0) is 4.74 Å². The van der Waals surface area contributed by atoms with Crippen LogP contribution in [0.25, 0.3) is 0 Å². The van der Waals surface area contributed by atoms with Crippen LogP contribution in [0, 0.1) is 5.92 Å². The second kappa shape index (κ2) is 7.77. The first-order chi connectivity index (χ1) is 9.60. The Kier molecular flexibility index (Phi) is 6.31. The van der Waals surface area contributed by atoms with Gasteiger partial charge in [-0.25, -0.2) is 0 Å². The van der Waals surface area contributed by atoms with Crippen molar-refractivity contribution >= 4 is 0 Å². The highest BCUT2D eigenvalue weighted by Gasteiger charge is 2.36. The van der Waals surface area contributed by atoms with Crippen LogP contribution in [0.4, 0.5) is 0 Å². The van der Waals surface area contributed by atoms with Crippen LogP contribution in [0.1, 0.15) is 65.7 Å². The van der Waals surface area contributed by atoms with Gasteiger partial charge in [-0.05, 0) is 58.3 Å². The van der Waals surface area contributed by atoms with E-state index in [1.807, 2.05) is 13.8 Å². The molecule has 0 spiro atoms. The minimum absolute atomic E-state index is 0.207. The molecular formula is C17H33NO2. The summed E-state index contributed by atoms with van der Waals surface area (Å²) in [5.41, 5.74) is 0. The van der Waals surface area contributed by atoms with Gasteiger partial charge in [-0.15, -0.1) is 0 Å². The number of aliphatic hydroxyl groups is 1. The number of ether oxygens (including phenoxy) is 1. The lowest BCUT2D eigenvalue weighted by atomic mass is 9.84. The molecule has 3 heteroatoms. The van der Waals surface area contributed by atoms with Gasteiger partial charge in [0.2, 0.25) is 0 Å². The van der Waals surface area contributed by atoms with Crippen LogP contribution in [0.3, 0.4) is 0 Å². The molecule has 0 aromatic rings. The van der Waals surface area contributed by atoms with E-state index < -0.39 is 0 Å². The Balaban J connectivity index is 1.78. The van der Waals surface area contributed by atoms with Crippen molar-refractivity contribution in [1.82, 2.24) is 4.90 Å². The van der Waals surface area contributed by atoms with E-state index in [-0.39, 0.29) is 12.2 Å². The van der Waals surface area contributed by atoms with Crippen LogP contribution in [-0.4, -0.2) is 47.4 Å². The molecule has 0 aromatic heterocycles. The van der Waals surface area contributed by atoms with E-state index in [2.05, 4.69) is 11.8 Å². The molecule has 2 rings (SSSR count). The van der Waals surface area contributed by atoms with E-state index in [1.54, 1.807) is 0 Å². The van der Waals surface area contributed by atoms with Gasteiger partial charge in [-0.3, -0.25) is 4.90 Å². The second-order valence-electron chi connectivity index (χ2n) is 7.05. The highest BCUT2D eigenvalue weighted by molar-refractivity contribution is 4.91. The summed E-state index contributed by atoms with van der Waals surface area (Å²) in [6.07, 6.45) is 9.27. The Morgan fingerprint density at radius 1 is 1.05 bits per heavy atom. The molecular weight excluding hydrogens is 250 g/mol. The van der Waals surface area contributed by atoms with E-state index >= 15 is 0 Å². The molecule has 20 heavy (non-hydrogen) atoms. The first kappa shape index (κ1) is 16.3. The molecule has 0 amide bonds. The standard InChI is InChI=1S/C17H33NO2/c1-4-14-5-7-15(8-6-14)18(16-9-10-16)11-17(19)12-20-13(2)3/h13-17,19H,4-12H2,1-3H3. The Labute approximate surface area is 124 Å². The predicted octanol–water partition coefficient (Wildman–Crippen LogP) is 3.21. The van der Waals surface area contributed by atoms with Crippen molar-refractivity contribution in [2.75, 3.05) is 13.2 Å². The Hall–Kier alpha value is -0.120. The van der Waals surface area contributed by atoms with Crippen LogP contribution < -0.4 is 0 Å². The summed E-state index contributed by atoms with van der Waals surface area (Å²) in [6.45, 7) is 7.65. The van der Waals surface area contributed by atoms with E-state index in [0.717, 1.165) is 18.5 Å². The van der Waals surface area contributed by atoms with Gasteiger partial charge < -0.3 is 9.84 Å². The van der Waals surface area contributed by atoms with Crippen molar-refractivity contribution in [3.63, 3.8) is 0 Å². The molecule has 2 aliphatic rings. The number of hydrogen-bond donors (Lipinski definition) is 1. The van der Waals surface area contributed by atoms with Gasteiger partial charge in [0.25, 0.3) is 0 Å². The lowest BCUT2D eigenvalue weighted by Gasteiger charge is -2.38. The van der Waals surface area contributed by atoms with Gasteiger partial charge in [0.05, 0.1) is 18.8 Å². The summed E-state index contributed by atoms with van der Waals surface area (Å²) in [5, 5.41) is 10.2. The van der Waals surface area contributed by atoms with Gasteiger partial charge in [-0.1, -0.05) is 13.3 Å². The van der Waals surface area contributed by atoms with Gasteiger partial charge in [-0.2, -0.15) is 0 Å². The number of aliphatic hydroxyl groups excluding tert-OH is 1. The van der Waals surface area contributed by atoms with Crippen LogP contribution >= 0.6 is 0 Å². The monoisotopic (exact) mass is 283 g/mol. The lowest BCUT2D eigenvalue weighted by molar-refractivity contribution is -0.0197. The fourth-order valence-corrected chi connectivity index (χ4v) is 3.49. The van der Waals surface area contributed by atoms with Crippen LogP contribution in [0.15, 0.2) is 0 Å². The number of hydrogen-bond acceptors (Lipinski definition) is 3. The summed E-state index contributed by atoms with van der Waals surface area (Å²) in [4.78, 5) is 2.60. The summed E-state index contributed by atoms with van der Waals surface area (Å²) in [7, 11) is 0. The Morgan fingerprint density at radius 3 is 2.05 bits per heavy atom.